The summed E-state index contributed by atoms with van der Waals surface area (Å²) in [7, 11) is -3.83. The number of hydrogen-bond acceptors (Lipinski definition) is 5. The van der Waals surface area contributed by atoms with E-state index in [2.05, 4.69) is 0 Å². The first kappa shape index (κ1) is 14.6. The molecule has 8 heteroatoms. The van der Waals surface area contributed by atoms with Crippen LogP contribution in [0.2, 0.25) is 0 Å². The maximum absolute atomic E-state index is 12.2. The van der Waals surface area contributed by atoms with E-state index in [9.17, 15) is 13.2 Å². The maximum Gasteiger partial charge on any atom is 0.355 e. The smallest absolute Gasteiger partial charge is 0.355 e. The third kappa shape index (κ3) is 3.28. The number of carbonyl (C=O) groups is 1. The van der Waals surface area contributed by atoms with Gasteiger partial charge in [-0.3, -0.25) is 0 Å². The standard InChI is InChI=1S/C13H18N2O5S/c14-21(17,18)11-6-12(15(7-11)9-3-4-9)13(16)20-8-10-2-1-5-19-10/h6-7,9-10H,1-5,8H2,(H2,14,17,18). The monoisotopic (exact) mass is 314 g/mol. The SMILES string of the molecule is NS(=O)(=O)c1cc(C(=O)OCC2CCCO2)n(C2CC2)c1. The van der Waals surface area contributed by atoms with Crippen molar-refractivity contribution in [2.24, 2.45) is 5.14 Å². The fraction of sp³-hybridized carbons (Fsp3) is 0.615. The highest BCUT2D eigenvalue weighted by Crippen LogP contribution is 2.37. The van der Waals surface area contributed by atoms with Crippen LogP contribution in [-0.2, 0) is 19.5 Å². The molecule has 1 unspecified atom stereocenters. The third-order valence-corrected chi connectivity index (χ3v) is 4.61. The Morgan fingerprint density at radius 2 is 2.19 bits per heavy atom. The van der Waals surface area contributed by atoms with Gasteiger partial charge in [-0.1, -0.05) is 0 Å². The first-order chi connectivity index (χ1) is 9.95. The number of sulfonamides is 1. The van der Waals surface area contributed by atoms with Crippen molar-refractivity contribution in [2.75, 3.05) is 13.2 Å². The average Bonchev–Trinajstić information content (AvgIpc) is 2.96. The van der Waals surface area contributed by atoms with Gasteiger partial charge in [0.1, 0.15) is 17.2 Å². The molecular formula is C13H18N2O5S. The highest BCUT2D eigenvalue weighted by atomic mass is 32.2. The number of carbonyl (C=O) groups excluding carboxylic acids is 1. The summed E-state index contributed by atoms with van der Waals surface area (Å²) < 4.78 is 35.1. The molecule has 1 aromatic heterocycles. The normalized spacial score (nSPS) is 22.4. The van der Waals surface area contributed by atoms with Crippen molar-refractivity contribution in [1.82, 2.24) is 4.57 Å². The lowest BCUT2D eigenvalue weighted by molar-refractivity contribution is 0.0152. The van der Waals surface area contributed by atoms with Crippen LogP contribution in [0.4, 0.5) is 0 Å². The van der Waals surface area contributed by atoms with E-state index in [4.69, 9.17) is 14.6 Å². The fourth-order valence-corrected chi connectivity index (χ4v) is 2.98. The van der Waals surface area contributed by atoms with Gasteiger partial charge in [0.15, 0.2) is 0 Å². The van der Waals surface area contributed by atoms with Crippen molar-refractivity contribution in [3.63, 3.8) is 0 Å². The summed E-state index contributed by atoms with van der Waals surface area (Å²) in [6.45, 7) is 0.885. The molecule has 7 nitrogen and oxygen atoms in total. The van der Waals surface area contributed by atoms with Crippen LogP contribution in [0.1, 0.15) is 42.2 Å². The van der Waals surface area contributed by atoms with E-state index in [-0.39, 0.29) is 29.3 Å². The second-order valence-corrected chi connectivity index (χ2v) is 7.04. The highest BCUT2D eigenvalue weighted by Gasteiger charge is 2.30. The number of nitrogens with two attached hydrogens (primary N) is 1. The summed E-state index contributed by atoms with van der Waals surface area (Å²) >= 11 is 0. The van der Waals surface area contributed by atoms with E-state index in [1.54, 1.807) is 4.57 Å². The van der Waals surface area contributed by atoms with E-state index in [1.807, 2.05) is 0 Å². The predicted molar refractivity (Wildman–Crippen MR) is 73.3 cm³/mol. The Morgan fingerprint density at radius 3 is 2.76 bits per heavy atom. The lowest BCUT2D eigenvalue weighted by Gasteiger charge is -2.11. The zero-order valence-electron chi connectivity index (χ0n) is 11.5. The molecule has 1 saturated carbocycles. The minimum atomic E-state index is -3.83. The first-order valence-corrected chi connectivity index (χ1v) is 8.53. The summed E-state index contributed by atoms with van der Waals surface area (Å²) in [4.78, 5) is 12.1. The number of aromatic nitrogens is 1. The molecule has 1 atom stereocenters. The summed E-state index contributed by atoms with van der Waals surface area (Å²) in [5.74, 6) is -0.535. The maximum atomic E-state index is 12.2. The second kappa shape index (κ2) is 5.43. The van der Waals surface area contributed by atoms with Crippen LogP contribution < -0.4 is 5.14 Å². The van der Waals surface area contributed by atoms with E-state index >= 15 is 0 Å². The molecule has 2 N–H and O–H groups in total. The summed E-state index contributed by atoms with van der Waals surface area (Å²) in [6, 6.07) is 1.44. The van der Waals surface area contributed by atoms with E-state index in [1.165, 1.54) is 12.3 Å². The van der Waals surface area contributed by atoms with Gasteiger partial charge in [0.05, 0.1) is 6.10 Å². The van der Waals surface area contributed by atoms with Gasteiger partial charge in [-0.15, -0.1) is 0 Å². The number of esters is 1. The Morgan fingerprint density at radius 1 is 1.43 bits per heavy atom. The van der Waals surface area contributed by atoms with Crippen molar-refractivity contribution < 1.29 is 22.7 Å². The minimum absolute atomic E-state index is 0.0570. The number of rotatable bonds is 5. The Hall–Kier alpha value is -1.38. The van der Waals surface area contributed by atoms with E-state index < -0.39 is 16.0 Å². The second-order valence-electron chi connectivity index (χ2n) is 5.48. The molecular weight excluding hydrogens is 296 g/mol. The Kier molecular flexibility index (Phi) is 3.76. The van der Waals surface area contributed by atoms with E-state index in [0.717, 1.165) is 25.7 Å². The summed E-state index contributed by atoms with van der Waals surface area (Å²) in [6.07, 6.45) is 5.04. The van der Waals surface area contributed by atoms with Crippen LogP contribution in [0.15, 0.2) is 17.2 Å². The van der Waals surface area contributed by atoms with Gasteiger partial charge in [0.25, 0.3) is 0 Å². The van der Waals surface area contributed by atoms with Crippen LogP contribution >= 0.6 is 0 Å². The van der Waals surface area contributed by atoms with Crippen LogP contribution in [-0.4, -0.2) is 38.3 Å². The Labute approximate surface area is 123 Å². The van der Waals surface area contributed by atoms with Crippen LogP contribution in [0, 0.1) is 0 Å². The first-order valence-electron chi connectivity index (χ1n) is 6.98. The highest BCUT2D eigenvalue weighted by molar-refractivity contribution is 7.89. The Balaban J connectivity index is 1.76. The van der Waals surface area contributed by atoms with Gasteiger partial charge >= 0.3 is 5.97 Å². The zero-order valence-corrected chi connectivity index (χ0v) is 12.3. The molecule has 21 heavy (non-hydrogen) atoms. The number of hydrogen-bond donors (Lipinski definition) is 1. The van der Waals surface area contributed by atoms with Gasteiger partial charge in [-0.2, -0.15) is 0 Å². The Bertz CT molecular complexity index is 642. The average molecular weight is 314 g/mol. The quantitative estimate of drug-likeness (QED) is 0.810. The van der Waals surface area contributed by atoms with Gasteiger partial charge in [-0.25, -0.2) is 18.4 Å². The minimum Gasteiger partial charge on any atom is -0.458 e. The molecule has 0 aromatic carbocycles. The lowest BCUT2D eigenvalue weighted by Crippen LogP contribution is -2.19. The van der Waals surface area contributed by atoms with Gasteiger partial charge in [0, 0.05) is 18.8 Å². The topological polar surface area (TPSA) is 101 Å². The largest absolute Gasteiger partial charge is 0.458 e. The number of primary sulfonamides is 1. The zero-order chi connectivity index (χ0) is 15.0. The summed E-state index contributed by atoms with van der Waals surface area (Å²) in [5.41, 5.74) is 0.236. The van der Waals surface area contributed by atoms with Gasteiger partial charge in [-0.05, 0) is 31.7 Å². The van der Waals surface area contributed by atoms with Crippen molar-refractivity contribution in [3.8, 4) is 0 Å². The number of nitrogens with zero attached hydrogens (tertiary/aromatic N) is 1. The lowest BCUT2D eigenvalue weighted by atomic mass is 10.2. The van der Waals surface area contributed by atoms with Crippen LogP contribution in [0.5, 0.6) is 0 Å². The molecule has 0 amide bonds. The molecule has 2 aliphatic rings. The third-order valence-electron chi connectivity index (χ3n) is 3.73. The van der Waals surface area contributed by atoms with Crippen molar-refractivity contribution in [2.45, 2.75) is 42.7 Å². The molecule has 1 aromatic rings. The summed E-state index contributed by atoms with van der Waals surface area (Å²) in [5, 5.41) is 5.12. The molecule has 1 aliphatic heterocycles. The fourth-order valence-electron chi connectivity index (χ4n) is 2.45. The molecule has 2 fully saturated rings. The number of ether oxygens (including phenoxy) is 2. The van der Waals surface area contributed by atoms with Crippen molar-refractivity contribution >= 4 is 16.0 Å². The van der Waals surface area contributed by atoms with Crippen molar-refractivity contribution in [1.29, 1.82) is 0 Å². The van der Waals surface area contributed by atoms with Gasteiger partial charge in [0.2, 0.25) is 10.0 Å². The molecule has 0 bridgehead atoms. The molecule has 1 saturated heterocycles. The molecule has 1 aliphatic carbocycles. The van der Waals surface area contributed by atoms with Crippen molar-refractivity contribution in [3.05, 3.63) is 18.0 Å². The molecule has 116 valence electrons. The van der Waals surface area contributed by atoms with E-state index in [0.29, 0.717) is 6.61 Å². The van der Waals surface area contributed by atoms with Gasteiger partial charge < -0.3 is 14.0 Å². The molecule has 2 heterocycles. The molecule has 0 spiro atoms. The van der Waals surface area contributed by atoms with Crippen LogP contribution in [0.3, 0.4) is 0 Å². The molecule has 3 rings (SSSR count). The molecule has 0 radical (unpaired) electrons. The predicted octanol–water partition coefficient (Wildman–Crippen LogP) is 0.806. The van der Waals surface area contributed by atoms with Crippen LogP contribution in [0.25, 0.3) is 0 Å².